The molecule has 2 rings (SSSR count). The van der Waals surface area contributed by atoms with Crippen molar-refractivity contribution in [3.63, 3.8) is 0 Å². The van der Waals surface area contributed by atoms with E-state index in [-0.39, 0.29) is 6.03 Å². The van der Waals surface area contributed by atoms with Gasteiger partial charge in [0.1, 0.15) is 0 Å². The van der Waals surface area contributed by atoms with Crippen LogP contribution in [0.3, 0.4) is 0 Å². The smallest absolute Gasteiger partial charge is 0.317 e. The number of hydrogen-bond acceptors (Lipinski definition) is 2. The summed E-state index contributed by atoms with van der Waals surface area (Å²) in [5.74, 6) is 0.631. The fourth-order valence-corrected chi connectivity index (χ4v) is 2.76. The van der Waals surface area contributed by atoms with Crippen LogP contribution in [0.5, 0.6) is 0 Å². The van der Waals surface area contributed by atoms with Gasteiger partial charge in [0.15, 0.2) is 0 Å². The third kappa shape index (κ3) is 5.34. The topological polar surface area (TPSA) is 35.6 Å². The molecule has 0 radical (unpaired) electrons. The Balaban J connectivity index is 1.72. The Bertz CT molecular complexity index is 479. The zero-order valence-electron chi connectivity index (χ0n) is 14.1. The molecule has 1 aromatic rings. The minimum Gasteiger partial charge on any atom is -0.338 e. The first-order valence-corrected chi connectivity index (χ1v) is 8.35. The van der Waals surface area contributed by atoms with Crippen LogP contribution in [-0.2, 0) is 6.54 Å². The maximum atomic E-state index is 12.1. The lowest BCUT2D eigenvalue weighted by Gasteiger charge is -2.34. The fourth-order valence-electron chi connectivity index (χ4n) is 2.76. The second kappa shape index (κ2) is 8.18. The Labute approximate surface area is 134 Å². The number of rotatable bonds is 5. The van der Waals surface area contributed by atoms with E-state index in [9.17, 15) is 4.79 Å². The maximum absolute atomic E-state index is 12.1. The number of hydrogen-bond donors (Lipinski definition) is 1. The molecule has 0 spiro atoms. The molecular formula is C18H29N3O. The van der Waals surface area contributed by atoms with Crippen LogP contribution in [0.1, 0.15) is 31.4 Å². The van der Waals surface area contributed by atoms with Gasteiger partial charge >= 0.3 is 6.03 Å². The Morgan fingerprint density at radius 2 is 1.95 bits per heavy atom. The maximum Gasteiger partial charge on any atom is 0.317 e. The van der Waals surface area contributed by atoms with Gasteiger partial charge in [-0.25, -0.2) is 4.79 Å². The quantitative estimate of drug-likeness (QED) is 0.908. The molecule has 1 heterocycles. The molecule has 22 heavy (non-hydrogen) atoms. The van der Waals surface area contributed by atoms with Gasteiger partial charge in [0.25, 0.3) is 0 Å². The molecule has 0 unspecified atom stereocenters. The number of amides is 2. The summed E-state index contributed by atoms with van der Waals surface area (Å²) in [6.07, 6.45) is 1.04. The van der Waals surface area contributed by atoms with Gasteiger partial charge < -0.3 is 10.2 Å². The second-order valence-electron chi connectivity index (χ2n) is 6.67. The highest BCUT2D eigenvalue weighted by atomic mass is 16.2. The van der Waals surface area contributed by atoms with Crippen LogP contribution in [0.25, 0.3) is 0 Å². The van der Waals surface area contributed by atoms with Crippen molar-refractivity contribution < 1.29 is 4.79 Å². The fraction of sp³-hybridized carbons (Fsp3) is 0.611. The Hall–Kier alpha value is -1.55. The van der Waals surface area contributed by atoms with Gasteiger partial charge in [-0.05, 0) is 24.8 Å². The molecular weight excluding hydrogens is 274 g/mol. The lowest BCUT2D eigenvalue weighted by molar-refractivity contribution is 0.135. The Kier molecular flexibility index (Phi) is 6.25. The van der Waals surface area contributed by atoms with Crippen molar-refractivity contribution in [2.75, 3.05) is 32.7 Å². The number of carbonyl (C=O) groups excluding carboxylic acids is 1. The summed E-state index contributed by atoms with van der Waals surface area (Å²) in [5, 5.41) is 3.02. The van der Waals surface area contributed by atoms with Crippen molar-refractivity contribution in [1.82, 2.24) is 15.1 Å². The molecule has 2 amide bonds. The molecule has 4 nitrogen and oxygen atoms in total. The standard InChI is InChI=1S/C18H29N3O/c1-15(2)7-8-19-18(22)21-11-9-20(10-12-21)14-17-6-4-5-16(3)13-17/h4-6,13,15H,7-12,14H2,1-3H3,(H,19,22). The number of benzene rings is 1. The summed E-state index contributed by atoms with van der Waals surface area (Å²) in [4.78, 5) is 16.4. The van der Waals surface area contributed by atoms with Crippen molar-refractivity contribution in [2.24, 2.45) is 5.92 Å². The molecule has 0 aliphatic carbocycles. The first-order valence-electron chi connectivity index (χ1n) is 8.35. The normalized spacial score (nSPS) is 16.1. The van der Waals surface area contributed by atoms with E-state index >= 15 is 0 Å². The van der Waals surface area contributed by atoms with Crippen LogP contribution in [-0.4, -0.2) is 48.6 Å². The summed E-state index contributed by atoms with van der Waals surface area (Å²) in [5.41, 5.74) is 2.66. The summed E-state index contributed by atoms with van der Waals surface area (Å²) < 4.78 is 0. The number of piperazine rings is 1. The first kappa shape index (κ1) is 16.8. The van der Waals surface area contributed by atoms with Crippen LogP contribution >= 0.6 is 0 Å². The van der Waals surface area contributed by atoms with E-state index in [2.05, 4.69) is 55.3 Å². The molecule has 0 bridgehead atoms. The zero-order chi connectivity index (χ0) is 15.9. The van der Waals surface area contributed by atoms with Gasteiger partial charge in [-0.15, -0.1) is 0 Å². The van der Waals surface area contributed by atoms with Crippen molar-refractivity contribution in [3.05, 3.63) is 35.4 Å². The molecule has 0 saturated carbocycles. The molecule has 1 aromatic carbocycles. The SMILES string of the molecule is Cc1cccc(CN2CCN(C(=O)NCCC(C)C)CC2)c1. The highest BCUT2D eigenvalue weighted by Gasteiger charge is 2.20. The number of nitrogens with one attached hydrogen (secondary N) is 1. The number of urea groups is 1. The molecule has 0 atom stereocenters. The molecule has 122 valence electrons. The average Bonchev–Trinajstić information content (AvgIpc) is 2.47. The molecule has 1 saturated heterocycles. The third-order valence-corrected chi connectivity index (χ3v) is 4.15. The summed E-state index contributed by atoms with van der Waals surface area (Å²) in [7, 11) is 0. The highest BCUT2D eigenvalue weighted by molar-refractivity contribution is 5.74. The molecule has 1 aliphatic heterocycles. The molecule has 1 fully saturated rings. The monoisotopic (exact) mass is 303 g/mol. The van der Waals surface area contributed by atoms with Gasteiger partial charge in [0, 0.05) is 39.3 Å². The van der Waals surface area contributed by atoms with Crippen LogP contribution < -0.4 is 5.32 Å². The van der Waals surface area contributed by atoms with Gasteiger partial charge in [-0.1, -0.05) is 43.7 Å². The third-order valence-electron chi connectivity index (χ3n) is 4.15. The van der Waals surface area contributed by atoms with Crippen molar-refractivity contribution in [2.45, 2.75) is 33.7 Å². The predicted octanol–water partition coefficient (Wildman–Crippen LogP) is 2.87. The lowest BCUT2D eigenvalue weighted by atomic mass is 10.1. The van der Waals surface area contributed by atoms with Gasteiger partial charge in [0.2, 0.25) is 0 Å². The molecule has 1 N–H and O–H groups in total. The average molecular weight is 303 g/mol. The highest BCUT2D eigenvalue weighted by Crippen LogP contribution is 2.10. The number of nitrogens with zero attached hydrogens (tertiary/aromatic N) is 2. The summed E-state index contributed by atoms with van der Waals surface area (Å²) >= 11 is 0. The zero-order valence-corrected chi connectivity index (χ0v) is 14.1. The summed E-state index contributed by atoms with van der Waals surface area (Å²) in [6, 6.07) is 8.76. The molecule has 0 aromatic heterocycles. The van der Waals surface area contributed by atoms with E-state index in [4.69, 9.17) is 0 Å². The van der Waals surface area contributed by atoms with Crippen LogP contribution in [0.15, 0.2) is 24.3 Å². The predicted molar refractivity (Wildman–Crippen MR) is 90.9 cm³/mol. The molecule has 1 aliphatic rings. The number of aryl methyl sites for hydroxylation is 1. The van der Waals surface area contributed by atoms with E-state index in [1.165, 1.54) is 11.1 Å². The van der Waals surface area contributed by atoms with Crippen LogP contribution in [0.4, 0.5) is 4.79 Å². The van der Waals surface area contributed by atoms with Crippen molar-refractivity contribution in [3.8, 4) is 0 Å². The minimum atomic E-state index is 0.0934. The lowest BCUT2D eigenvalue weighted by Crippen LogP contribution is -2.51. The van der Waals surface area contributed by atoms with Crippen LogP contribution in [0.2, 0.25) is 0 Å². The van der Waals surface area contributed by atoms with Crippen LogP contribution in [0, 0.1) is 12.8 Å². The van der Waals surface area contributed by atoms with Gasteiger partial charge in [-0.3, -0.25) is 4.90 Å². The van der Waals surface area contributed by atoms with Gasteiger partial charge in [-0.2, -0.15) is 0 Å². The van der Waals surface area contributed by atoms with E-state index in [0.29, 0.717) is 5.92 Å². The van der Waals surface area contributed by atoms with E-state index in [0.717, 1.165) is 45.7 Å². The number of carbonyl (C=O) groups is 1. The minimum absolute atomic E-state index is 0.0934. The van der Waals surface area contributed by atoms with E-state index in [1.807, 2.05) is 4.90 Å². The molecule has 4 heteroatoms. The Morgan fingerprint density at radius 1 is 1.23 bits per heavy atom. The van der Waals surface area contributed by atoms with E-state index in [1.54, 1.807) is 0 Å². The largest absolute Gasteiger partial charge is 0.338 e. The second-order valence-corrected chi connectivity index (χ2v) is 6.67. The Morgan fingerprint density at radius 3 is 2.59 bits per heavy atom. The van der Waals surface area contributed by atoms with Crippen molar-refractivity contribution >= 4 is 6.03 Å². The first-order chi connectivity index (χ1) is 10.5. The van der Waals surface area contributed by atoms with Crippen molar-refractivity contribution in [1.29, 1.82) is 0 Å². The summed E-state index contributed by atoms with van der Waals surface area (Å²) in [6.45, 7) is 11.8. The van der Waals surface area contributed by atoms with Gasteiger partial charge in [0.05, 0.1) is 0 Å². The van der Waals surface area contributed by atoms with E-state index < -0.39 is 0 Å².